The molecule has 0 aliphatic heterocycles. The third kappa shape index (κ3) is 3.43. The number of ether oxygens (including phenoxy) is 1. The molecule has 0 aliphatic carbocycles. The van der Waals surface area contributed by atoms with E-state index >= 15 is 0 Å². The highest BCUT2D eigenvalue weighted by Crippen LogP contribution is 2.26. The summed E-state index contributed by atoms with van der Waals surface area (Å²) in [5, 5.41) is 0.318. The van der Waals surface area contributed by atoms with Crippen LogP contribution in [-0.2, 0) is 19.9 Å². The Morgan fingerprint density at radius 3 is 2.58 bits per heavy atom. The quantitative estimate of drug-likeness (QED) is 0.672. The van der Waals surface area contributed by atoms with Gasteiger partial charge in [0.1, 0.15) is 5.75 Å². The predicted octanol–water partition coefficient (Wildman–Crippen LogP) is 1.67. The molecule has 0 saturated heterocycles. The molecule has 138 valence electrons. The number of para-hydroxylation sites is 1. The number of aromatic nitrogens is 2. The van der Waals surface area contributed by atoms with Crippen LogP contribution in [0.4, 0.5) is 4.79 Å². The molecule has 3 rings (SSSR count). The Labute approximate surface area is 153 Å². The van der Waals surface area contributed by atoms with Crippen LogP contribution in [0.5, 0.6) is 5.75 Å². The van der Waals surface area contributed by atoms with Crippen molar-refractivity contribution in [1.29, 1.82) is 0 Å². The SMILES string of the molecule is CCS(=O)(=O)c1nc2sccn2c1S(=O)(=O)NC(=O)Oc1ccccc1. The van der Waals surface area contributed by atoms with Crippen molar-refractivity contribution < 1.29 is 26.4 Å². The van der Waals surface area contributed by atoms with E-state index in [2.05, 4.69) is 4.98 Å². The fraction of sp³-hybridized carbons (Fsp3) is 0.143. The minimum Gasteiger partial charge on any atom is -0.410 e. The van der Waals surface area contributed by atoms with E-state index in [1.807, 2.05) is 0 Å². The standard InChI is InChI=1S/C14H13N3O6S3/c1-2-25(19,20)11-12(17-8-9-24-13(17)15-11)26(21,22)16-14(18)23-10-6-4-3-5-7-10/h3-9H,2H2,1H3,(H,16,18). The Morgan fingerprint density at radius 2 is 1.92 bits per heavy atom. The van der Waals surface area contributed by atoms with Gasteiger partial charge in [0, 0.05) is 11.6 Å². The zero-order chi connectivity index (χ0) is 18.9. The van der Waals surface area contributed by atoms with Gasteiger partial charge in [-0.25, -0.2) is 22.9 Å². The van der Waals surface area contributed by atoms with E-state index in [9.17, 15) is 21.6 Å². The maximum Gasteiger partial charge on any atom is 0.426 e. The molecule has 2 aromatic heterocycles. The number of nitrogens with zero attached hydrogens (tertiary/aromatic N) is 2. The normalized spacial score (nSPS) is 12.2. The number of thiazole rings is 1. The topological polar surface area (TPSA) is 124 Å². The lowest BCUT2D eigenvalue weighted by atomic mass is 10.3. The van der Waals surface area contributed by atoms with Gasteiger partial charge in [0.25, 0.3) is 10.0 Å². The second-order valence-electron chi connectivity index (χ2n) is 4.99. The molecule has 0 saturated carbocycles. The van der Waals surface area contributed by atoms with Crippen LogP contribution in [0.15, 0.2) is 52.0 Å². The lowest BCUT2D eigenvalue weighted by Crippen LogP contribution is -2.34. The van der Waals surface area contributed by atoms with E-state index in [4.69, 9.17) is 4.74 Å². The third-order valence-electron chi connectivity index (χ3n) is 3.29. The van der Waals surface area contributed by atoms with Gasteiger partial charge in [-0.3, -0.25) is 4.40 Å². The van der Waals surface area contributed by atoms with Crippen molar-refractivity contribution >= 4 is 42.3 Å². The van der Waals surface area contributed by atoms with Crippen molar-refractivity contribution in [1.82, 2.24) is 14.1 Å². The van der Waals surface area contributed by atoms with Gasteiger partial charge in [0.2, 0.25) is 0 Å². The molecule has 0 unspecified atom stereocenters. The molecular formula is C14H13N3O6S3. The highest BCUT2D eigenvalue weighted by Gasteiger charge is 2.34. The molecule has 0 spiro atoms. The van der Waals surface area contributed by atoms with Gasteiger partial charge in [-0.05, 0) is 12.1 Å². The van der Waals surface area contributed by atoms with Crippen LogP contribution < -0.4 is 9.46 Å². The van der Waals surface area contributed by atoms with E-state index in [0.717, 1.165) is 15.7 Å². The molecule has 0 atom stereocenters. The van der Waals surface area contributed by atoms with E-state index in [1.54, 1.807) is 28.3 Å². The number of nitrogens with one attached hydrogen (secondary N) is 1. The summed E-state index contributed by atoms with van der Waals surface area (Å²) < 4.78 is 57.5. The molecule has 0 radical (unpaired) electrons. The molecule has 1 aromatic carbocycles. The number of amides is 1. The summed E-state index contributed by atoms with van der Waals surface area (Å²) in [7, 11) is -8.49. The van der Waals surface area contributed by atoms with E-state index < -0.39 is 36.0 Å². The molecule has 12 heteroatoms. The smallest absolute Gasteiger partial charge is 0.410 e. The minimum absolute atomic E-state index is 0.135. The largest absolute Gasteiger partial charge is 0.426 e. The summed E-state index contributed by atoms with van der Waals surface area (Å²) in [6, 6.07) is 7.84. The summed E-state index contributed by atoms with van der Waals surface area (Å²) in [6.45, 7) is 1.37. The molecule has 9 nitrogen and oxygen atoms in total. The maximum absolute atomic E-state index is 12.7. The van der Waals surface area contributed by atoms with Crippen molar-refractivity contribution in [3.05, 3.63) is 41.9 Å². The van der Waals surface area contributed by atoms with Crippen molar-refractivity contribution in [2.45, 2.75) is 17.0 Å². The maximum atomic E-state index is 12.7. The second kappa shape index (κ2) is 6.70. The third-order valence-corrected chi connectivity index (χ3v) is 7.14. The van der Waals surface area contributed by atoms with E-state index in [-0.39, 0.29) is 16.5 Å². The van der Waals surface area contributed by atoms with Gasteiger partial charge in [0.15, 0.2) is 24.9 Å². The number of hydrogen-bond acceptors (Lipinski definition) is 8. The lowest BCUT2D eigenvalue weighted by Gasteiger charge is -2.08. The van der Waals surface area contributed by atoms with Crippen LogP contribution >= 0.6 is 11.3 Å². The molecule has 1 N–H and O–H groups in total. The molecule has 3 aromatic rings. The van der Waals surface area contributed by atoms with Gasteiger partial charge in [-0.15, -0.1) is 11.3 Å². The summed E-state index contributed by atoms with van der Waals surface area (Å²) in [4.78, 5) is 16.0. The zero-order valence-corrected chi connectivity index (χ0v) is 15.8. The number of sulfone groups is 1. The van der Waals surface area contributed by atoms with Gasteiger partial charge >= 0.3 is 6.09 Å². The van der Waals surface area contributed by atoms with Crippen LogP contribution in [0.3, 0.4) is 0 Å². The number of hydrogen-bond donors (Lipinski definition) is 1. The minimum atomic E-state index is -4.55. The average molecular weight is 415 g/mol. The van der Waals surface area contributed by atoms with Crippen molar-refractivity contribution in [2.24, 2.45) is 0 Å². The number of fused-ring (bicyclic) bond motifs is 1. The fourth-order valence-corrected chi connectivity index (χ4v) is 5.55. The molecule has 2 heterocycles. The Bertz CT molecular complexity index is 1160. The zero-order valence-electron chi connectivity index (χ0n) is 13.3. The summed E-state index contributed by atoms with van der Waals surface area (Å²) in [5.74, 6) is -0.204. The van der Waals surface area contributed by atoms with Crippen molar-refractivity contribution in [3.63, 3.8) is 0 Å². The molecule has 0 aliphatic rings. The Balaban J connectivity index is 2.00. The van der Waals surface area contributed by atoms with Crippen LogP contribution in [0.1, 0.15) is 6.92 Å². The van der Waals surface area contributed by atoms with E-state index in [0.29, 0.717) is 0 Å². The molecule has 0 bridgehead atoms. The number of carbonyl (C=O) groups excluding carboxylic acids is 1. The number of rotatable bonds is 5. The number of carbonyl (C=O) groups is 1. The molecule has 0 fully saturated rings. The Kier molecular flexibility index (Phi) is 4.73. The molecule has 1 amide bonds. The number of sulfonamides is 1. The number of imidazole rings is 1. The highest BCUT2D eigenvalue weighted by atomic mass is 32.2. The Morgan fingerprint density at radius 1 is 1.23 bits per heavy atom. The average Bonchev–Trinajstić information content (AvgIpc) is 3.15. The fourth-order valence-electron chi connectivity index (χ4n) is 2.10. The lowest BCUT2D eigenvalue weighted by molar-refractivity contribution is 0.206. The van der Waals surface area contributed by atoms with Gasteiger partial charge in [-0.1, -0.05) is 25.1 Å². The molecular weight excluding hydrogens is 402 g/mol. The summed E-state index contributed by atoms with van der Waals surface area (Å²) >= 11 is 1.07. The first-order chi connectivity index (χ1) is 12.2. The van der Waals surface area contributed by atoms with Crippen LogP contribution in [0, 0.1) is 0 Å². The van der Waals surface area contributed by atoms with Crippen LogP contribution in [0.25, 0.3) is 4.96 Å². The van der Waals surface area contributed by atoms with Gasteiger partial charge in [0.05, 0.1) is 5.75 Å². The first kappa shape index (κ1) is 18.4. The van der Waals surface area contributed by atoms with Crippen molar-refractivity contribution in [2.75, 3.05) is 5.75 Å². The summed E-state index contributed by atoms with van der Waals surface area (Å²) in [5.41, 5.74) is 0. The first-order valence-corrected chi connectivity index (χ1v) is 11.2. The second-order valence-corrected chi connectivity index (χ2v) is 9.65. The van der Waals surface area contributed by atoms with Crippen LogP contribution in [0.2, 0.25) is 0 Å². The first-order valence-electron chi connectivity index (χ1n) is 7.22. The monoisotopic (exact) mass is 415 g/mol. The summed E-state index contributed by atoms with van der Waals surface area (Å²) in [6.07, 6.45) is 0.0971. The highest BCUT2D eigenvalue weighted by molar-refractivity contribution is 7.93. The van der Waals surface area contributed by atoms with Gasteiger partial charge < -0.3 is 4.74 Å². The van der Waals surface area contributed by atoms with Crippen LogP contribution in [-0.4, -0.2) is 38.1 Å². The Hall–Kier alpha value is -2.44. The van der Waals surface area contributed by atoms with Crippen molar-refractivity contribution in [3.8, 4) is 5.75 Å². The number of benzene rings is 1. The van der Waals surface area contributed by atoms with Gasteiger partial charge in [-0.2, -0.15) is 8.42 Å². The predicted molar refractivity (Wildman–Crippen MR) is 93.6 cm³/mol. The molecule has 26 heavy (non-hydrogen) atoms. The van der Waals surface area contributed by atoms with E-state index in [1.165, 1.54) is 25.3 Å².